The van der Waals surface area contributed by atoms with E-state index in [1.54, 1.807) is 6.92 Å². The smallest absolute Gasteiger partial charge is 0.202 e. The van der Waals surface area contributed by atoms with Gasteiger partial charge in [-0.2, -0.15) is 0 Å². The zero-order valence-corrected chi connectivity index (χ0v) is 17.9. The van der Waals surface area contributed by atoms with Gasteiger partial charge in [-0.3, -0.25) is 14.4 Å². The molecule has 3 aliphatic carbocycles. The summed E-state index contributed by atoms with van der Waals surface area (Å²) in [6.07, 6.45) is 0.287. The summed E-state index contributed by atoms with van der Waals surface area (Å²) in [6, 6.07) is 1.87. The van der Waals surface area contributed by atoms with E-state index in [4.69, 9.17) is 0 Å². The molecule has 0 heterocycles. The third kappa shape index (κ3) is 2.72. The molecule has 0 radical (unpaired) electrons. The summed E-state index contributed by atoms with van der Waals surface area (Å²) in [5, 5.41) is 43.7. The monoisotopic (exact) mass is 426 g/mol. The topological polar surface area (TPSA) is 132 Å². The van der Waals surface area contributed by atoms with Gasteiger partial charge in [-0.05, 0) is 55.2 Å². The fraction of sp³-hybridized carbons (Fsp3) is 0.458. The SMILES string of the molecule is CC(=O)C1=C(O)[C@]2(O)C(=O)C3=C(O)c4c(O)c(C)cc(C(C)C)c4C[C@@H]3C[C@@H]2CC1=O. The Labute approximate surface area is 179 Å². The number of fused-ring (bicyclic) bond motifs is 3. The van der Waals surface area contributed by atoms with E-state index in [0.717, 1.165) is 18.1 Å². The highest BCUT2D eigenvalue weighted by Gasteiger charge is 2.60. The van der Waals surface area contributed by atoms with E-state index in [0.29, 0.717) is 12.0 Å². The van der Waals surface area contributed by atoms with Gasteiger partial charge in [-0.15, -0.1) is 0 Å². The maximum absolute atomic E-state index is 13.5. The lowest BCUT2D eigenvalue weighted by molar-refractivity contribution is -0.147. The molecule has 4 rings (SSSR count). The first-order chi connectivity index (χ1) is 14.4. The molecule has 0 spiro atoms. The molecule has 0 amide bonds. The summed E-state index contributed by atoms with van der Waals surface area (Å²) >= 11 is 0. The van der Waals surface area contributed by atoms with E-state index in [2.05, 4.69) is 0 Å². The average Bonchev–Trinajstić information content (AvgIpc) is 2.66. The van der Waals surface area contributed by atoms with Gasteiger partial charge >= 0.3 is 0 Å². The van der Waals surface area contributed by atoms with Gasteiger partial charge in [0.05, 0.1) is 5.56 Å². The largest absolute Gasteiger partial charge is 0.508 e. The number of carbonyl (C=O) groups is 3. The molecular formula is C24H26O7. The molecule has 7 heteroatoms. The van der Waals surface area contributed by atoms with Crippen LogP contribution in [0, 0.1) is 18.8 Å². The van der Waals surface area contributed by atoms with Crippen LogP contribution in [0.5, 0.6) is 5.75 Å². The minimum absolute atomic E-state index is 0.0781. The molecule has 164 valence electrons. The van der Waals surface area contributed by atoms with Gasteiger partial charge in [-0.1, -0.05) is 19.9 Å². The molecule has 1 aromatic carbocycles. The lowest BCUT2D eigenvalue weighted by Gasteiger charge is -2.46. The van der Waals surface area contributed by atoms with Crippen molar-refractivity contribution in [1.29, 1.82) is 0 Å². The fourth-order valence-corrected chi connectivity index (χ4v) is 5.48. The number of allylic oxidation sites excluding steroid dienone is 1. The molecule has 7 nitrogen and oxygen atoms in total. The fourth-order valence-electron chi connectivity index (χ4n) is 5.48. The van der Waals surface area contributed by atoms with Crippen LogP contribution in [0.1, 0.15) is 61.8 Å². The van der Waals surface area contributed by atoms with Crippen LogP contribution in [0.3, 0.4) is 0 Å². The molecule has 1 fully saturated rings. The number of aromatic hydroxyl groups is 1. The van der Waals surface area contributed by atoms with Crippen molar-refractivity contribution in [3.8, 4) is 5.75 Å². The van der Waals surface area contributed by atoms with E-state index in [1.807, 2.05) is 19.9 Å². The van der Waals surface area contributed by atoms with Crippen molar-refractivity contribution in [3.63, 3.8) is 0 Å². The summed E-state index contributed by atoms with van der Waals surface area (Å²) < 4.78 is 0. The van der Waals surface area contributed by atoms with Gasteiger partial charge < -0.3 is 20.4 Å². The number of rotatable bonds is 2. The van der Waals surface area contributed by atoms with E-state index >= 15 is 0 Å². The van der Waals surface area contributed by atoms with Gasteiger partial charge in [0, 0.05) is 17.9 Å². The summed E-state index contributed by atoms with van der Waals surface area (Å²) in [5.41, 5.74) is -0.676. The van der Waals surface area contributed by atoms with Crippen LogP contribution in [0.4, 0.5) is 0 Å². The number of Topliss-reactive ketones (excluding diaryl/α,β-unsaturated/α-hetero) is 3. The summed E-state index contributed by atoms with van der Waals surface area (Å²) in [6.45, 7) is 6.79. The number of phenols is 1. The molecule has 1 saturated carbocycles. The molecule has 31 heavy (non-hydrogen) atoms. The molecule has 0 unspecified atom stereocenters. The number of aliphatic hydroxyl groups excluding tert-OH is 2. The molecule has 3 aliphatic rings. The minimum atomic E-state index is -2.45. The first-order valence-electron chi connectivity index (χ1n) is 10.4. The van der Waals surface area contributed by atoms with Crippen molar-refractivity contribution in [2.24, 2.45) is 11.8 Å². The van der Waals surface area contributed by atoms with Gasteiger partial charge in [0.2, 0.25) is 5.78 Å². The van der Waals surface area contributed by atoms with Crippen molar-refractivity contribution >= 4 is 23.1 Å². The van der Waals surface area contributed by atoms with Gasteiger partial charge in [-0.25, -0.2) is 0 Å². The predicted octanol–water partition coefficient (Wildman–Crippen LogP) is 2.96. The standard InChI is InChI=1S/C24H26O7/c1-9(2)14-5-10(3)20(27)19-15(14)7-12-6-13-8-16(26)17(11(4)25)22(29)24(13,31)23(30)18(12)21(19)28/h5,9,12-13,27-29,31H,6-8H2,1-4H3/t12-,13+,24-/m0/s1. The van der Waals surface area contributed by atoms with Crippen LogP contribution in [-0.4, -0.2) is 43.4 Å². The van der Waals surface area contributed by atoms with Gasteiger partial charge in [0.25, 0.3) is 0 Å². The number of aliphatic hydroxyl groups is 3. The Balaban J connectivity index is 1.97. The zero-order chi connectivity index (χ0) is 23.0. The van der Waals surface area contributed by atoms with Crippen LogP contribution in [0.25, 0.3) is 5.76 Å². The third-order valence-corrected chi connectivity index (χ3v) is 7.02. The van der Waals surface area contributed by atoms with Crippen LogP contribution < -0.4 is 0 Å². The molecular weight excluding hydrogens is 400 g/mol. The zero-order valence-electron chi connectivity index (χ0n) is 17.9. The van der Waals surface area contributed by atoms with Crippen LogP contribution >= 0.6 is 0 Å². The van der Waals surface area contributed by atoms with Crippen LogP contribution in [-0.2, 0) is 20.8 Å². The normalized spacial score (nSPS) is 27.9. The average molecular weight is 426 g/mol. The highest BCUT2D eigenvalue weighted by atomic mass is 16.3. The van der Waals surface area contributed by atoms with Crippen LogP contribution in [0.2, 0.25) is 0 Å². The first-order valence-corrected chi connectivity index (χ1v) is 10.4. The highest BCUT2D eigenvalue weighted by Crippen LogP contribution is 2.53. The van der Waals surface area contributed by atoms with Crippen molar-refractivity contribution in [1.82, 2.24) is 0 Å². The Bertz CT molecular complexity index is 1120. The van der Waals surface area contributed by atoms with Gasteiger partial charge in [0.15, 0.2) is 17.2 Å². The molecule has 1 aromatic rings. The Morgan fingerprint density at radius 3 is 2.39 bits per heavy atom. The second-order valence-corrected chi connectivity index (χ2v) is 9.24. The van der Waals surface area contributed by atoms with Crippen molar-refractivity contribution in [2.45, 2.75) is 58.5 Å². The maximum atomic E-state index is 13.5. The second kappa shape index (κ2) is 6.79. The third-order valence-electron chi connectivity index (χ3n) is 7.02. The number of hydrogen-bond acceptors (Lipinski definition) is 7. The van der Waals surface area contributed by atoms with E-state index < -0.39 is 51.9 Å². The van der Waals surface area contributed by atoms with Gasteiger partial charge in [0.1, 0.15) is 22.8 Å². The summed E-state index contributed by atoms with van der Waals surface area (Å²) in [4.78, 5) is 37.8. The lowest BCUT2D eigenvalue weighted by Crippen LogP contribution is -2.57. The second-order valence-electron chi connectivity index (χ2n) is 9.24. The number of benzene rings is 1. The maximum Gasteiger partial charge on any atom is 0.202 e. The predicted molar refractivity (Wildman–Crippen MR) is 112 cm³/mol. The van der Waals surface area contributed by atoms with E-state index in [1.165, 1.54) is 0 Å². The van der Waals surface area contributed by atoms with Crippen molar-refractivity contribution in [2.75, 3.05) is 0 Å². The molecule has 0 saturated heterocycles. The number of carbonyl (C=O) groups excluding carboxylic acids is 3. The molecule has 4 N–H and O–H groups in total. The van der Waals surface area contributed by atoms with Crippen molar-refractivity contribution < 1.29 is 34.8 Å². The minimum Gasteiger partial charge on any atom is -0.508 e. The Hall–Kier alpha value is -2.93. The Kier molecular flexibility index (Phi) is 4.66. The van der Waals surface area contributed by atoms with E-state index in [-0.39, 0.29) is 35.6 Å². The Morgan fingerprint density at radius 2 is 1.81 bits per heavy atom. The molecule has 3 atom stereocenters. The number of aryl methyl sites for hydroxylation is 1. The molecule has 0 aliphatic heterocycles. The summed E-state index contributed by atoms with van der Waals surface area (Å²) in [7, 11) is 0. The summed E-state index contributed by atoms with van der Waals surface area (Å²) in [5.74, 6) is -5.01. The van der Waals surface area contributed by atoms with Crippen molar-refractivity contribution in [3.05, 3.63) is 45.2 Å². The highest BCUT2D eigenvalue weighted by molar-refractivity contribution is 6.23. The quantitative estimate of drug-likeness (QED) is 0.535. The first kappa shape index (κ1) is 21.3. The molecule has 0 bridgehead atoms. The Morgan fingerprint density at radius 1 is 1.16 bits per heavy atom. The van der Waals surface area contributed by atoms with E-state index in [9.17, 15) is 34.8 Å². The number of hydrogen-bond donors (Lipinski definition) is 4. The molecule has 0 aromatic heterocycles. The van der Waals surface area contributed by atoms with Crippen LogP contribution in [0.15, 0.2) is 23.0 Å². The number of phenolic OH excluding ortho intramolecular Hbond substituents is 1. The number of ketones is 3. The lowest BCUT2D eigenvalue weighted by atomic mass is 9.58.